The van der Waals surface area contributed by atoms with Crippen LogP contribution >= 0.6 is 0 Å². The molecule has 0 aliphatic rings. The van der Waals surface area contributed by atoms with Gasteiger partial charge >= 0.3 is 11.9 Å². The van der Waals surface area contributed by atoms with E-state index in [2.05, 4.69) is 6.58 Å². The van der Waals surface area contributed by atoms with Crippen molar-refractivity contribution in [3.05, 3.63) is 23.5 Å². The second kappa shape index (κ2) is 8.53. The molecule has 0 amide bonds. The van der Waals surface area contributed by atoms with E-state index < -0.39 is 11.9 Å². The van der Waals surface area contributed by atoms with Crippen LogP contribution in [0.2, 0.25) is 0 Å². The second-order valence-electron chi connectivity index (χ2n) is 4.58. The lowest BCUT2D eigenvalue weighted by Crippen LogP contribution is -2.36. The van der Waals surface area contributed by atoms with Crippen LogP contribution in [0.3, 0.4) is 0 Å². The summed E-state index contributed by atoms with van der Waals surface area (Å²) in [5, 5.41) is 0. The second-order valence-corrected chi connectivity index (χ2v) is 4.58. The number of rotatable bonds is 7. The van der Waals surface area contributed by atoms with Crippen LogP contribution in [0.15, 0.2) is 23.5 Å². The van der Waals surface area contributed by atoms with Crippen molar-refractivity contribution in [1.29, 1.82) is 0 Å². The van der Waals surface area contributed by atoms with Crippen LogP contribution in [0.4, 0.5) is 0 Å². The summed E-state index contributed by atoms with van der Waals surface area (Å²) in [5.74, 6) is -0.808. The molecule has 0 N–H and O–H groups in total. The third kappa shape index (κ3) is 5.57. The van der Waals surface area contributed by atoms with Gasteiger partial charge in [0, 0.05) is 5.57 Å². The standard InChI is InChI=1S/C15H25NO4/c1-8-16(9-2)13(7)20-15(18)11(5)12(6)19-14(17)10(3)4/h13H,3,8-9H2,1-2,4-7H3/b12-11+. The number of nitrogens with zero attached hydrogens (tertiary/aromatic N) is 1. The van der Waals surface area contributed by atoms with Gasteiger partial charge in [-0.15, -0.1) is 0 Å². The average Bonchev–Trinajstić information content (AvgIpc) is 2.38. The van der Waals surface area contributed by atoms with Gasteiger partial charge in [0.25, 0.3) is 0 Å². The number of carbonyl (C=O) groups is 2. The fourth-order valence-corrected chi connectivity index (χ4v) is 1.50. The number of hydrogen-bond donors (Lipinski definition) is 0. The quantitative estimate of drug-likeness (QED) is 0.311. The molecule has 5 nitrogen and oxygen atoms in total. The number of esters is 2. The molecule has 0 aliphatic carbocycles. The molecule has 0 spiro atoms. The smallest absolute Gasteiger partial charge is 0.338 e. The SMILES string of the molecule is C=C(C)C(=O)O/C(C)=C(\C)C(=O)OC(C)N(CC)CC. The number of hydrogen-bond acceptors (Lipinski definition) is 5. The van der Waals surface area contributed by atoms with E-state index in [1.807, 2.05) is 25.7 Å². The molecule has 1 unspecified atom stereocenters. The van der Waals surface area contributed by atoms with Gasteiger partial charge in [0.05, 0.1) is 5.57 Å². The van der Waals surface area contributed by atoms with Crippen LogP contribution in [0.25, 0.3) is 0 Å². The summed E-state index contributed by atoms with van der Waals surface area (Å²) in [5.41, 5.74) is 0.556. The van der Waals surface area contributed by atoms with Crippen LogP contribution in [0, 0.1) is 0 Å². The highest BCUT2D eigenvalue weighted by molar-refractivity contribution is 5.91. The Kier molecular flexibility index (Phi) is 7.84. The zero-order valence-electron chi connectivity index (χ0n) is 13.3. The zero-order chi connectivity index (χ0) is 15.9. The Hall–Kier alpha value is -1.62. The molecule has 0 bridgehead atoms. The van der Waals surface area contributed by atoms with Gasteiger partial charge in [-0.25, -0.2) is 9.59 Å². The van der Waals surface area contributed by atoms with E-state index in [1.165, 1.54) is 0 Å². The first-order valence-corrected chi connectivity index (χ1v) is 6.74. The van der Waals surface area contributed by atoms with Crippen molar-refractivity contribution in [2.24, 2.45) is 0 Å². The number of allylic oxidation sites excluding steroid dienone is 1. The highest BCUT2D eigenvalue weighted by Crippen LogP contribution is 2.12. The van der Waals surface area contributed by atoms with E-state index in [1.54, 1.807) is 20.8 Å². The molecule has 0 rings (SSSR count). The predicted octanol–water partition coefficient (Wildman–Crippen LogP) is 2.63. The van der Waals surface area contributed by atoms with E-state index in [4.69, 9.17) is 9.47 Å². The normalized spacial score (nSPS) is 13.6. The monoisotopic (exact) mass is 283 g/mol. The van der Waals surface area contributed by atoms with Crippen molar-refractivity contribution in [2.45, 2.75) is 47.8 Å². The minimum atomic E-state index is -0.550. The lowest BCUT2D eigenvalue weighted by atomic mass is 10.2. The molecule has 0 radical (unpaired) electrons. The van der Waals surface area contributed by atoms with Crippen LogP contribution in [-0.4, -0.2) is 36.2 Å². The van der Waals surface area contributed by atoms with Crippen LogP contribution in [-0.2, 0) is 19.1 Å². The Morgan fingerprint density at radius 1 is 1.10 bits per heavy atom. The van der Waals surface area contributed by atoms with Crippen molar-refractivity contribution in [3.8, 4) is 0 Å². The Morgan fingerprint density at radius 2 is 1.60 bits per heavy atom. The summed E-state index contributed by atoms with van der Waals surface area (Å²) in [6, 6.07) is 0. The van der Waals surface area contributed by atoms with Gasteiger partial charge in [-0.2, -0.15) is 0 Å². The van der Waals surface area contributed by atoms with E-state index >= 15 is 0 Å². The van der Waals surface area contributed by atoms with Gasteiger partial charge in [-0.05, 0) is 40.8 Å². The molecule has 5 heteroatoms. The highest BCUT2D eigenvalue weighted by atomic mass is 16.6. The van der Waals surface area contributed by atoms with Gasteiger partial charge in [-0.3, -0.25) is 4.90 Å². The lowest BCUT2D eigenvalue weighted by molar-refractivity contribution is -0.152. The van der Waals surface area contributed by atoms with E-state index in [0.717, 1.165) is 13.1 Å². The average molecular weight is 283 g/mol. The fraction of sp³-hybridized carbons (Fsp3) is 0.600. The molecule has 0 heterocycles. The maximum absolute atomic E-state index is 12.0. The number of carbonyl (C=O) groups excluding carboxylic acids is 2. The molecule has 0 fully saturated rings. The molecular weight excluding hydrogens is 258 g/mol. The van der Waals surface area contributed by atoms with E-state index in [-0.39, 0.29) is 23.1 Å². The first-order valence-electron chi connectivity index (χ1n) is 6.74. The van der Waals surface area contributed by atoms with E-state index in [9.17, 15) is 9.59 Å². The minimum absolute atomic E-state index is 0.231. The molecule has 0 aromatic heterocycles. The molecule has 0 aromatic rings. The van der Waals surface area contributed by atoms with Gasteiger partial charge in [-0.1, -0.05) is 20.4 Å². The molecule has 0 saturated carbocycles. The van der Waals surface area contributed by atoms with Crippen molar-refractivity contribution >= 4 is 11.9 Å². The third-order valence-corrected chi connectivity index (χ3v) is 3.03. The highest BCUT2D eigenvalue weighted by Gasteiger charge is 2.19. The van der Waals surface area contributed by atoms with Gasteiger partial charge < -0.3 is 9.47 Å². The summed E-state index contributed by atoms with van der Waals surface area (Å²) < 4.78 is 10.4. The minimum Gasteiger partial charge on any atom is -0.443 e. The summed E-state index contributed by atoms with van der Waals surface area (Å²) >= 11 is 0. The molecular formula is C15H25NO4. The van der Waals surface area contributed by atoms with Crippen molar-refractivity contribution < 1.29 is 19.1 Å². The van der Waals surface area contributed by atoms with E-state index in [0.29, 0.717) is 0 Å². The fourth-order valence-electron chi connectivity index (χ4n) is 1.50. The number of ether oxygens (including phenoxy) is 2. The van der Waals surface area contributed by atoms with Gasteiger partial charge in [0.2, 0.25) is 0 Å². The maximum Gasteiger partial charge on any atom is 0.338 e. The molecule has 0 aliphatic heterocycles. The Bertz CT molecular complexity index is 408. The van der Waals surface area contributed by atoms with Crippen LogP contribution in [0.1, 0.15) is 41.5 Å². The summed E-state index contributed by atoms with van der Waals surface area (Å²) in [7, 11) is 0. The molecule has 0 aromatic carbocycles. The summed E-state index contributed by atoms with van der Waals surface area (Å²) in [6.07, 6.45) is -0.322. The van der Waals surface area contributed by atoms with Crippen molar-refractivity contribution in [1.82, 2.24) is 4.90 Å². The van der Waals surface area contributed by atoms with Crippen LogP contribution < -0.4 is 0 Å². The van der Waals surface area contributed by atoms with Crippen LogP contribution in [0.5, 0.6) is 0 Å². The lowest BCUT2D eigenvalue weighted by Gasteiger charge is -2.26. The Labute approximate surface area is 121 Å². The first kappa shape index (κ1) is 18.4. The largest absolute Gasteiger partial charge is 0.443 e. The Balaban J connectivity index is 4.75. The third-order valence-electron chi connectivity index (χ3n) is 3.03. The topological polar surface area (TPSA) is 55.8 Å². The molecule has 0 saturated heterocycles. The molecule has 1 atom stereocenters. The van der Waals surface area contributed by atoms with Crippen molar-refractivity contribution in [2.75, 3.05) is 13.1 Å². The van der Waals surface area contributed by atoms with Gasteiger partial charge in [0.1, 0.15) is 5.76 Å². The summed E-state index contributed by atoms with van der Waals surface area (Å²) in [6.45, 7) is 15.5. The maximum atomic E-state index is 12.0. The predicted molar refractivity (Wildman–Crippen MR) is 77.8 cm³/mol. The molecule has 20 heavy (non-hydrogen) atoms. The first-order chi connectivity index (χ1) is 9.24. The van der Waals surface area contributed by atoms with Gasteiger partial charge in [0.15, 0.2) is 6.23 Å². The summed E-state index contributed by atoms with van der Waals surface area (Å²) in [4.78, 5) is 25.3. The van der Waals surface area contributed by atoms with Crippen molar-refractivity contribution in [3.63, 3.8) is 0 Å². The zero-order valence-corrected chi connectivity index (χ0v) is 13.3. The molecule has 114 valence electrons. The Morgan fingerprint density at radius 3 is 2.00 bits per heavy atom.